The van der Waals surface area contributed by atoms with E-state index in [0.717, 1.165) is 24.3 Å². The van der Waals surface area contributed by atoms with Crippen LogP contribution in [-0.4, -0.2) is 29.5 Å². The van der Waals surface area contributed by atoms with E-state index in [4.69, 9.17) is 0 Å². The maximum atomic E-state index is 4.38. The fraction of sp³-hybridized carbons (Fsp3) is 0.769. The summed E-state index contributed by atoms with van der Waals surface area (Å²) in [5.41, 5.74) is 0. The van der Waals surface area contributed by atoms with Crippen LogP contribution in [0, 0.1) is 0 Å². The highest BCUT2D eigenvalue weighted by Crippen LogP contribution is 2.25. The molecule has 1 aromatic heterocycles. The van der Waals surface area contributed by atoms with Crippen LogP contribution in [0.15, 0.2) is 6.20 Å². The van der Waals surface area contributed by atoms with Crippen LogP contribution in [0.1, 0.15) is 43.9 Å². The predicted molar refractivity (Wildman–Crippen MR) is 74.6 cm³/mol. The van der Waals surface area contributed by atoms with Gasteiger partial charge in [-0.2, -0.15) is 0 Å². The zero-order valence-electron chi connectivity index (χ0n) is 10.9. The van der Waals surface area contributed by atoms with E-state index in [1.165, 1.54) is 37.0 Å². The molecule has 0 bridgehead atoms. The Morgan fingerprint density at radius 1 is 1.41 bits per heavy atom. The number of hydrogen-bond acceptors (Lipinski definition) is 4. The Morgan fingerprint density at radius 3 is 2.88 bits per heavy atom. The number of rotatable bonds is 5. The van der Waals surface area contributed by atoms with Gasteiger partial charge < -0.3 is 5.32 Å². The monoisotopic (exact) mass is 253 g/mol. The smallest absolute Gasteiger partial charge is 0.182 e. The second kappa shape index (κ2) is 6.36. The van der Waals surface area contributed by atoms with Crippen molar-refractivity contribution in [1.29, 1.82) is 0 Å². The molecule has 0 spiro atoms. The first-order chi connectivity index (χ1) is 8.29. The zero-order valence-corrected chi connectivity index (χ0v) is 11.7. The molecule has 17 heavy (non-hydrogen) atoms. The number of nitrogens with zero attached hydrogens (tertiary/aromatic N) is 2. The van der Waals surface area contributed by atoms with Crippen molar-refractivity contribution < 1.29 is 0 Å². The van der Waals surface area contributed by atoms with Crippen LogP contribution < -0.4 is 5.32 Å². The second-order valence-electron chi connectivity index (χ2n) is 4.87. The van der Waals surface area contributed by atoms with E-state index in [-0.39, 0.29) is 0 Å². The minimum Gasteiger partial charge on any atom is -0.362 e. The number of thiazole rings is 1. The molecule has 3 nitrogen and oxygen atoms in total. The maximum Gasteiger partial charge on any atom is 0.182 e. The Labute approximate surface area is 108 Å². The molecule has 4 heteroatoms. The Kier molecular flexibility index (Phi) is 4.80. The first-order valence-electron chi connectivity index (χ1n) is 6.68. The first-order valence-corrected chi connectivity index (χ1v) is 7.50. The van der Waals surface area contributed by atoms with Gasteiger partial charge in [-0.15, -0.1) is 11.3 Å². The van der Waals surface area contributed by atoms with Gasteiger partial charge in [-0.3, -0.25) is 4.90 Å². The van der Waals surface area contributed by atoms with Gasteiger partial charge in [-0.05, 0) is 26.8 Å². The average molecular weight is 253 g/mol. The Morgan fingerprint density at radius 2 is 2.18 bits per heavy atom. The van der Waals surface area contributed by atoms with E-state index in [9.17, 15) is 0 Å². The van der Waals surface area contributed by atoms with E-state index in [1.54, 1.807) is 11.3 Å². The normalized spacial score (nSPS) is 17.6. The van der Waals surface area contributed by atoms with Gasteiger partial charge in [0, 0.05) is 30.2 Å². The van der Waals surface area contributed by atoms with Crippen LogP contribution in [-0.2, 0) is 6.54 Å². The molecule has 0 amide bonds. The van der Waals surface area contributed by atoms with Crippen molar-refractivity contribution >= 4 is 16.5 Å². The average Bonchev–Trinajstić information content (AvgIpc) is 2.78. The van der Waals surface area contributed by atoms with E-state index < -0.39 is 0 Å². The molecule has 0 aliphatic heterocycles. The minimum absolute atomic E-state index is 0.786. The number of nitrogens with one attached hydrogen (secondary N) is 1. The SMILES string of the molecule is CCNc1ncc(CN(C)C2CCCCC2)s1. The number of anilines is 1. The first kappa shape index (κ1) is 12.8. The Bertz CT molecular complexity index is 331. The Balaban J connectivity index is 1.85. The second-order valence-corrected chi connectivity index (χ2v) is 5.98. The molecule has 0 atom stereocenters. The van der Waals surface area contributed by atoms with Crippen molar-refractivity contribution in [3.63, 3.8) is 0 Å². The predicted octanol–water partition coefficient (Wildman–Crippen LogP) is 3.34. The zero-order chi connectivity index (χ0) is 12.1. The Hall–Kier alpha value is -0.610. The summed E-state index contributed by atoms with van der Waals surface area (Å²) in [4.78, 5) is 8.26. The summed E-state index contributed by atoms with van der Waals surface area (Å²) < 4.78 is 0. The topological polar surface area (TPSA) is 28.2 Å². The van der Waals surface area contributed by atoms with E-state index in [2.05, 4.69) is 29.2 Å². The highest BCUT2D eigenvalue weighted by atomic mass is 32.1. The molecule has 1 aliphatic rings. The summed E-state index contributed by atoms with van der Waals surface area (Å²) >= 11 is 1.79. The van der Waals surface area contributed by atoms with E-state index in [1.807, 2.05) is 6.20 Å². The van der Waals surface area contributed by atoms with Gasteiger partial charge >= 0.3 is 0 Å². The third-order valence-electron chi connectivity index (χ3n) is 3.48. The largest absolute Gasteiger partial charge is 0.362 e. The lowest BCUT2D eigenvalue weighted by molar-refractivity contribution is 0.186. The third-order valence-corrected chi connectivity index (χ3v) is 4.42. The quantitative estimate of drug-likeness (QED) is 0.872. The van der Waals surface area contributed by atoms with Crippen molar-refractivity contribution in [2.75, 3.05) is 18.9 Å². The van der Waals surface area contributed by atoms with Gasteiger partial charge in [0.25, 0.3) is 0 Å². The van der Waals surface area contributed by atoms with Crippen LogP contribution in [0.25, 0.3) is 0 Å². The summed E-state index contributed by atoms with van der Waals surface area (Å²) in [7, 11) is 2.25. The molecule has 0 saturated heterocycles. The summed E-state index contributed by atoms with van der Waals surface area (Å²) in [6.07, 6.45) is 8.99. The lowest BCUT2D eigenvalue weighted by atomic mass is 9.94. The van der Waals surface area contributed by atoms with Crippen molar-refractivity contribution in [3.05, 3.63) is 11.1 Å². The molecule has 96 valence electrons. The minimum atomic E-state index is 0.786. The molecule has 1 fully saturated rings. The molecule has 1 N–H and O–H groups in total. The molecule has 1 aromatic rings. The summed E-state index contributed by atoms with van der Waals surface area (Å²) in [5.74, 6) is 0. The molecule has 0 radical (unpaired) electrons. The van der Waals surface area contributed by atoms with Crippen LogP contribution >= 0.6 is 11.3 Å². The molecule has 1 aliphatic carbocycles. The van der Waals surface area contributed by atoms with Crippen molar-refractivity contribution in [1.82, 2.24) is 9.88 Å². The molecule has 0 unspecified atom stereocenters. The maximum absolute atomic E-state index is 4.38. The lowest BCUT2D eigenvalue weighted by Gasteiger charge is -2.30. The molecule has 1 saturated carbocycles. The van der Waals surface area contributed by atoms with Gasteiger partial charge in [-0.25, -0.2) is 4.98 Å². The van der Waals surface area contributed by atoms with Crippen LogP contribution in [0.4, 0.5) is 5.13 Å². The molecule has 0 aromatic carbocycles. The van der Waals surface area contributed by atoms with Crippen molar-refractivity contribution in [2.45, 2.75) is 51.6 Å². The van der Waals surface area contributed by atoms with Crippen LogP contribution in [0.3, 0.4) is 0 Å². The van der Waals surface area contributed by atoms with Gasteiger partial charge in [0.1, 0.15) is 0 Å². The molecular weight excluding hydrogens is 230 g/mol. The van der Waals surface area contributed by atoms with Gasteiger partial charge in [-0.1, -0.05) is 19.3 Å². The number of hydrogen-bond donors (Lipinski definition) is 1. The van der Waals surface area contributed by atoms with Crippen molar-refractivity contribution in [3.8, 4) is 0 Å². The van der Waals surface area contributed by atoms with Crippen molar-refractivity contribution in [2.24, 2.45) is 0 Å². The van der Waals surface area contributed by atoms with Crippen LogP contribution in [0.5, 0.6) is 0 Å². The molecule has 2 rings (SSSR count). The summed E-state index contributed by atoms with van der Waals surface area (Å²) in [5, 5.41) is 4.32. The summed E-state index contributed by atoms with van der Waals surface area (Å²) in [6, 6.07) is 0.786. The van der Waals surface area contributed by atoms with Gasteiger partial charge in [0.15, 0.2) is 5.13 Å². The van der Waals surface area contributed by atoms with E-state index in [0.29, 0.717) is 0 Å². The molecule has 1 heterocycles. The van der Waals surface area contributed by atoms with Gasteiger partial charge in [0.2, 0.25) is 0 Å². The third kappa shape index (κ3) is 3.68. The standard InChI is InChI=1S/C13H23N3S/c1-3-14-13-15-9-12(17-13)10-16(2)11-7-5-4-6-8-11/h9,11H,3-8,10H2,1-2H3,(H,14,15). The lowest BCUT2D eigenvalue weighted by Crippen LogP contribution is -2.32. The number of aromatic nitrogens is 1. The summed E-state index contributed by atoms with van der Waals surface area (Å²) in [6.45, 7) is 4.11. The highest BCUT2D eigenvalue weighted by molar-refractivity contribution is 7.15. The highest BCUT2D eigenvalue weighted by Gasteiger charge is 2.18. The molecular formula is C13H23N3S. The van der Waals surface area contributed by atoms with Gasteiger partial charge in [0.05, 0.1) is 0 Å². The van der Waals surface area contributed by atoms with E-state index >= 15 is 0 Å². The van der Waals surface area contributed by atoms with Crippen LogP contribution in [0.2, 0.25) is 0 Å². The fourth-order valence-electron chi connectivity index (χ4n) is 2.51. The fourth-order valence-corrected chi connectivity index (χ4v) is 3.45.